The maximum absolute atomic E-state index is 5.54. The first-order valence-electron chi connectivity index (χ1n) is 3.23. The van der Waals surface area contributed by atoms with Gasteiger partial charge < -0.3 is 11.5 Å². The van der Waals surface area contributed by atoms with Crippen molar-refractivity contribution in [3.8, 4) is 0 Å². The third-order valence-corrected chi connectivity index (χ3v) is 1.54. The summed E-state index contributed by atoms with van der Waals surface area (Å²) in [5, 5.41) is 0. The quantitative estimate of drug-likeness (QED) is 0.576. The fraction of sp³-hybridized carbons (Fsp3) is 0.833. The van der Waals surface area contributed by atoms with Crippen molar-refractivity contribution in [1.82, 2.24) is 0 Å². The first kappa shape index (κ1) is 8.85. The second-order valence-corrected chi connectivity index (χ2v) is 2.62. The molecular formula is C6H14N2S. The summed E-state index contributed by atoms with van der Waals surface area (Å²) in [5.74, 6) is 0. The largest absolute Gasteiger partial charge is 0.392 e. The Bertz CT molecular complexity index is 93.1. The first-order chi connectivity index (χ1) is 4.18. The highest BCUT2D eigenvalue weighted by Crippen LogP contribution is 1.97. The highest BCUT2D eigenvalue weighted by atomic mass is 32.1. The molecule has 0 saturated carbocycles. The lowest BCUT2D eigenvalue weighted by atomic mass is 10.1. The first-order valence-corrected chi connectivity index (χ1v) is 3.64. The van der Waals surface area contributed by atoms with Crippen molar-refractivity contribution in [2.45, 2.75) is 32.2 Å². The molecule has 0 aromatic rings. The van der Waals surface area contributed by atoms with Gasteiger partial charge >= 0.3 is 0 Å². The van der Waals surface area contributed by atoms with E-state index in [1.54, 1.807) is 0 Å². The molecule has 3 heteroatoms. The summed E-state index contributed by atoms with van der Waals surface area (Å²) in [4.78, 5) is 0.434. The van der Waals surface area contributed by atoms with Gasteiger partial charge in [0.1, 0.15) is 0 Å². The third kappa shape index (κ3) is 4.36. The molecule has 0 aliphatic rings. The predicted molar refractivity (Wildman–Crippen MR) is 44.3 cm³/mol. The minimum atomic E-state index is -0.0695. The monoisotopic (exact) mass is 146 g/mol. The molecule has 9 heavy (non-hydrogen) atoms. The van der Waals surface area contributed by atoms with E-state index in [4.69, 9.17) is 11.5 Å². The predicted octanol–water partition coefficient (Wildman–Crippen LogP) is 0.790. The fourth-order valence-corrected chi connectivity index (χ4v) is 0.684. The van der Waals surface area contributed by atoms with Crippen LogP contribution in [-0.2, 0) is 0 Å². The van der Waals surface area contributed by atoms with Gasteiger partial charge in [0.15, 0.2) is 0 Å². The van der Waals surface area contributed by atoms with Crippen LogP contribution in [0.4, 0.5) is 0 Å². The van der Waals surface area contributed by atoms with Crippen LogP contribution in [-0.4, -0.2) is 11.0 Å². The lowest BCUT2D eigenvalue weighted by molar-refractivity contribution is 0.677. The van der Waals surface area contributed by atoms with E-state index in [9.17, 15) is 0 Å². The second-order valence-electron chi connectivity index (χ2n) is 2.15. The highest BCUT2D eigenvalue weighted by molar-refractivity contribution is 7.80. The van der Waals surface area contributed by atoms with Crippen LogP contribution in [0.25, 0.3) is 0 Å². The molecular weight excluding hydrogens is 132 g/mol. The van der Waals surface area contributed by atoms with Crippen molar-refractivity contribution in [2.75, 3.05) is 0 Å². The molecule has 0 rings (SSSR count). The average molecular weight is 146 g/mol. The molecule has 0 radical (unpaired) electrons. The van der Waals surface area contributed by atoms with Crippen LogP contribution in [0.15, 0.2) is 0 Å². The Hall–Kier alpha value is -0.150. The van der Waals surface area contributed by atoms with Gasteiger partial charge in [-0.25, -0.2) is 0 Å². The van der Waals surface area contributed by atoms with Gasteiger partial charge in [-0.3, -0.25) is 0 Å². The Morgan fingerprint density at radius 1 is 1.67 bits per heavy atom. The second kappa shape index (κ2) is 4.70. The van der Waals surface area contributed by atoms with Gasteiger partial charge in [0, 0.05) is 0 Å². The summed E-state index contributed by atoms with van der Waals surface area (Å²) in [6.45, 7) is 2.12. The molecule has 0 spiro atoms. The summed E-state index contributed by atoms with van der Waals surface area (Å²) in [5.41, 5.74) is 10.8. The Labute approximate surface area is 61.6 Å². The number of thiocarbonyl (C=S) groups is 1. The summed E-state index contributed by atoms with van der Waals surface area (Å²) in [6, 6.07) is -0.0695. The van der Waals surface area contributed by atoms with Crippen LogP contribution in [0.2, 0.25) is 0 Å². The normalized spacial score (nSPS) is 13.1. The molecule has 54 valence electrons. The lowest BCUT2D eigenvalue weighted by Gasteiger charge is -2.06. The Morgan fingerprint density at radius 3 is 2.56 bits per heavy atom. The van der Waals surface area contributed by atoms with E-state index in [-0.39, 0.29) is 6.04 Å². The minimum Gasteiger partial charge on any atom is -0.392 e. The molecule has 0 aliphatic heterocycles. The van der Waals surface area contributed by atoms with Crippen LogP contribution in [0.1, 0.15) is 26.2 Å². The van der Waals surface area contributed by atoms with E-state index in [2.05, 4.69) is 19.1 Å². The maximum Gasteiger partial charge on any atom is 0.0897 e. The van der Waals surface area contributed by atoms with Crippen molar-refractivity contribution < 1.29 is 0 Å². The summed E-state index contributed by atoms with van der Waals surface area (Å²) in [7, 11) is 0. The number of unbranched alkanes of at least 4 members (excludes halogenated alkanes) is 1. The van der Waals surface area contributed by atoms with Gasteiger partial charge in [-0.2, -0.15) is 0 Å². The zero-order chi connectivity index (χ0) is 7.28. The SMILES string of the molecule is CCCCC(N)C(N)=S. The molecule has 0 saturated heterocycles. The van der Waals surface area contributed by atoms with Gasteiger partial charge in [-0.15, -0.1) is 0 Å². The van der Waals surface area contributed by atoms with E-state index in [1.807, 2.05) is 0 Å². The van der Waals surface area contributed by atoms with Gasteiger partial charge in [0.05, 0.1) is 11.0 Å². The Morgan fingerprint density at radius 2 is 2.22 bits per heavy atom. The number of hydrogen-bond acceptors (Lipinski definition) is 2. The van der Waals surface area contributed by atoms with Gasteiger partial charge in [0.25, 0.3) is 0 Å². The maximum atomic E-state index is 5.54. The summed E-state index contributed by atoms with van der Waals surface area (Å²) >= 11 is 4.68. The molecule has 4 N–H and O–H groups in total. The third-order valence-electron chi connectivity index (χ3n) is 1.23. The zero-order valence-electron chi connectivity index (χ0n) is 5.76. The van der Waals surface area contributed by atoms with Crippen LogP contribution >= 0.6 is 12.2 Å². The van der Waals surface area contributed by atoms with Crippen LogP contribution in [0.5, 0.6) is 0 Å². The van der Waals surface area contributed by atoms with Crippen molar-refractivity contribution in [3.05, 3.63) is 0 Å². The zero-order valence-corrected chi connectivity index (χ0v) is 6.58. The molecule has 0 fully saturated rings. The fourth-order valence-electron chi connectivity index (χ4n) is 0.566. The standard InChI is InChI=1S/C6H14N2S/c1-2-3-4-5(7)6(8)9/h5H,2-4,7H2,1H3,(H2,8,9). The molecule has 1 unspecified atom stereocenters. The molecule has 0 bridgehead atoms. The van der Waals surface area contributed by atoms with Crippen molar-refractivity contribution in [2.24, 2.45) is 11.5 Å². The van der Waals surface area contributed by atoms with Crippen molar-refractivity contribution in [1.29, 1.82) is 0 Å². The molecule has 2 nitrogen and oxygen atoms in total. The van der Waals surface area contributed by atoms with E-state index >= 15 is 0 Å². The van der Waals surface area contributed by atoms with Crippen LogP contribution in [0.3, 0.4) is 0 Å². The van der Waals surface area contributed by atoms with Gasteiger partial charge in [-0.1, -0.05) is 32.0 Å². The van der Waals surface area contributed by atoms with Crippen LogP contribution in [0, 0.1) is 0 Å². The lowest BCUT2D eigenvalue weighted by Crippen LogP contribution is -2.34. The number of rotatable bonds is 4. The van der Waals surface area contributed by atoms with E-state index in [0.717, 1.165) is 19.3 Å². The van der Waals surface area contributed by atoms with E-state index in [1.165, 1.54) is 0 Å². The van der Waals surface area contributed by atoms with Crippen molar-refractivity contribution in [3.63, 3.8) is 0 Å². The van der Waals surface area contributed by atoms with Gasteiger partial charge in [0.2, 0.25) is 0 Å². The molecule has 0 aromatic heterocycles. The van der Waals surface area contributed by atoms with E-state index in [0.29, 0.717) is 4.99 Å². The van der Waals surface area contributed by atoms with Gasteiger partial charge in [-0.05, 0) is 6.42 Å². The van der Waals surface area contributed by atoms with E-state index < -0.39 is 0 Å². The van der Waals surface area contributed by atoms with Crippen LogP contribution < -0.4 is 11.5 Å². The number of nitrogens with two attached hydrogens (primary N) is 2. The summed E-state index contributed by atoms with van der Waals surface area (Å²) < 4.78 is 0. The van der Waals surface area contributed by atoms with Crippen molar-refractivity contribution >= 4 is 17.2 Å². The highest BCUT2D eigenvalue weighted by Gasteiger charge is 2.02. The minimum absolute atomic E-state index is 0.0695. The molecule has 0 amide bonds. The topological polar surface area (TPSA) is 52.0 Å². The molecule has 1 atom stereocenters. The molecule has 0 heterocycles. The molecule has 0 aliphatic carbocycles. The average Bonchev–Trinajstić information content (AvgIpc) is 1.82. The Balaban J connectivity index is 3.27. The number of hydrogen-bond donors (Lipinski definition) is 2. The summed E-state index contributed by atoms with van der Waals surface area (Å²) in [6.07, 6.45) is 3.18. The Kier molecular flexibility index (Phi) is 4.62. The smallest absolute Gasteiger partial charge is 0.0897 e. The molecule has 0 aromatic carbocycles.